The van der Waals surface area contributed by atoms with Gasteiger partial charge < -0.3 is 9.64 Å². The molecule has 0 fully saturated rings. The molecule has 1 heterocycles. The van der Waals surface area contributed by atoms with Crippen molar-refractivity contribution >= 4 is 35.2 Å². The molecule has 5 heteroatoms. The summed E-state index contributed by atoms with van der Waals surface area (Å²) in [5.74, 6) is 0.857. The zero-order chi connectivity index (χ0) is 23.8. The predicted molar refractivity (Wildman–Crippen MR) is 140 cm³/mol. The summed E-state index contributed by atoms with van der Waals surface area (Å²) in [6.07, 6.45) is 1.93. The van der Waals surface area contributed by atoms with Gasteiger partial charge in [-0.25, -0.2) is 0 Å². The smallest absolute Gasteiger partial charge is 0.143 e. The Labute approximate surface area is 207 Å². The molecule has 3 aromatic rings. The Balaban J connectivity index is 1.86. The summed E-state index contributed by atoms with van der Waals surface area (Å²) in [4.78, 5) is 7.26. The van der Waals surface area contributed by atoms with Crippen molar-refractivity contribution in [2.75, 3.05) is 11.5 Å². The first-order valence-electron chi connectivity index (χ1n) is 11.3. The second-order valence-corrected chi connectivity index (χ2v) is 10.5. The van der Waals surface area contributed by atoms with Crippen molar-refractivity contribution in [3.05, 3.63) is 93.5 Å². The summed E-state index contributed by atoms with van der Waals surface area (Å²) >= 11 is 12.4. The summed E-state index contributed by atoms with van der Waals surface area (Å²) in [5, 5.41) is 1.42. The van der Waals surface area contributed by atoms with E-state index >= 15 is 0 Å². The van der Waals surface area contributed by atoms with Gasteiger partial charge in [-0.1, -0.05) is 74.3 Å². The Bertz CT molecular complexity index is 1150. The molecular formula is C28H30Cl2N2O. The van der Waals surface area contributed by atoms with Gasteiger partial charge in [0.2, 0.25) is 0 Å². The molecule has 1 aliphatic heterocycles. The summed E-state index contributed by atoms with van der Waals surface area (Å²) < 4.78 is 6.14. The quantitative estimate of drug-likeness (QED) is 0.367. The molecule has 0 saturated carbocycles. The van der Waals surface area contributed by atoms with E-state index in [4.69, 9.17) is 32.9 Å². The average molecular weight is 481 g/mol. The Morgan fingerprint density at radius 3 is 2.12 bits per heavy atom. The van der Waals surface area contributed by atoms with Gasteiger partial charge in [-0.2, -0.15) is 0 Å². The lowest BCUT2D eigenvalue weighted by molar-refractivity contribution is 0.338. The molecular weight excluding hydrogens is 451 g/mol. The van der Waals surface area contributed by atoms with E-state index in [0.29, 0.717) is 16.7 Å². The zero-order valence-corrected chi connectivity index (χ0v) is 21.3. The van der Waals surface area contributed by atoms with E-state index in [1.807, 2.05) is 37.5 Å². The van der Waals surface area contributed by atoms with E-state index in [0.717, 1.165) is 22.6 Å². The van der Waals surface area contributed by atoms with Crippen molar-refractivity contribution < 1.29 is 4.74 Å². The lowest BCUT2D eigenvalue weighted by Gasteiger charge is -2.36. The number of aliphatic imine (C=N–C) groups is 1. The van der Waals surface area contributed by atoms with Crippen LogP contribution in [0.2, 0.25) is 10.0 Å². The van der Waals surface area contributed by atoms with Crippen LogP contribution in [0.1, 0.15) is 57.4 Å². The largest absolute Gasteiger partial charge is 0.492 e. The minimum atomic E-state index is -0.523. The van der Waals surface area contributed by atoms with Gasteiger partial charge in [0.15, 0.2) is 0 Å². The molecule has 0 radical (unpaired) electrons. The van der Waals surface area contributed by atoms with Gasteiger partial charge in [-0.15, -0.1) is 0 Å². The molecule has 1 aliphatic rings. The first-order valence-corrected chi connectivity index (χ1v) is 12.0. The summed E-state index contributed by atoms with van der Waals surface area (Å²) in [6, 6.07) is 22.4. The molecule has 0 amide bonds. The van der Waals surface area contributed by atoms with Crippen molar-refractivity contribution in [1.29, 1.82) is 0 Å². The van der Waals surface area contributed by atoms with Crippen molar-refractivity contribution in [3.8, 4) is 5.75 Å². The molecule has 0 N–H and O–H groups in total. The fourth-order valence-corrected chi connectivity index (χ4v) is 4.66. The van der Waals surface area contributed by atoms with Gasteiger partial charge in [0.1, 0.15) is 11.3 Å². The topological polar surface area (TPSA) is 24.8 Å². The van der Waals surface area contributed by atoms with Crippen LogP contribution in [0.3, 0.4) is 0 Å². The summed E-state index contributed by atoms with van der Waals surface area (Å²) in [5.41, 5.74) is 3.94. The van der Waals surface area contributed by atoms with Crippen molar-refractivity contribution in [2.45, 2.75) is 51.6 Å². The molecule has 172 valence electrons. The highest BCUT2D eigenvalue weighted by atomic mass is 35.5. The van der Waals surface area contributed by atoms with Gasteiger partial charge in [0.25, 0.3) is 0 Å². The molecule has 3 aromatic carbocycles. The molecule has 0 aliphatic carbocycles. The maximum absolute atomic E-state index is 6.22. The second kappa shape index (κ2) is 9.04. The number of halogens is 2. The van der Waals surface area contributed by atoms with E-state index in [1.165, 1.54) is 5.56 Å². The van der Waals surface area contributed by atoms with Crippen molar-refractivity contribution in [3.63, 3.8) is 0 Å². The number of hydrogen-bond donors (Lipinski definition) is 0. The molecule has 0 aromatic heterocycles. The Morgan fingerprint density at radius 1 is 0.939 bits per heavy atom. The highest BCUT2D eigenvalue weighted by Gasteiger charge is 2.45. The lowest BCUT2D eigenvalue weighted by atomic mass is 9.81. The Hall–Kier alpha value is -2.49. The summed E-state index contributed by atoms with van der Waals surface area (Å²) in [7, 11) is 0. The maximum Gasteiger partial charge on any atom is 0.143 e. The van der Waals surface area contributed by atoms with Crippen LogP contribution in [0.4, 0.5) is 5.69 Å². The normalized spacial score (nSPS) is 20.3. The van der Waals surface area contributed by atoms with E-state index in [2.05, 4.69) is 75.1 Å². The van der Waals surface area contributed by atoms with Gasteiger partial charge in [0, 0.05) is 10.0 Å². The first-order chi connectivity index (χ1) is 15.6. The van der Waals surface area contributed by atoms with Gasteiger partial charge in [-0.05, 0) is 72.4 Å². The van der Waals surface area contributed by atoms with Crippen LogP contribution in [-0.4, -0.2) is 12.9 Å². The number of benzene rings is 3. The van der Waals surface area contributed by atoms with Crippen molar-refractivity contribution in [1.82, 2.24) is 0 Å². The van der Waals surface area contributed by atoms with Crippen LogP contribution >= 0.6 is 23.2 Å². The van der Waals surface area contributed by atoms with Gasteiger partial charge >= 0.3 is 0 Å². The number of ether oxygens (including phenoxy) is 1. The van der Waals surface area contributed by atoms with E-state index in [1.54, 1.807) is 0 Å². The Morgan fingerprint density at radius 2 is 1.55 bits per heavy atom. The predicted octanol–water partition coefficient (Wildman–Crippen LogP) is 8.19. The molecule has 33 heavy (non-hydrogen) atoms. The van der Waals surface area contributed by atoms with E-state index < -0.39 is 5.54 Å². The molecule has 0 bridgehead atoms. The third-order valence-electron chi connectivity index (χ3n) is 6.28. The first kappa shape index (κ1) is 23.7. The van der Waals surface area contributed by atoms with Crippen LogP contribution in [0, 0.1) is 0 Å². The van der Waals surface area contributed by atoms with E-state index in [-0.39, 0.29) is 11.5 Å². The van der Waals surface area contributed by atoms with E-state index in [9.17, 15) is 0 Å². The third kappa shape index (κ3) is 4.62. The standard InChI is InChI=1S/C28H30Cl2N2O/c1-6-33-25-17-21(27(2,3)4)11-16-24(25)32-18-31-28(5,20-9-14-23(30)15-10-20)26(32)19-7-12-22(29)13-8-19/h7-18,26H,6H2,1-5H3. The molecule has 0 saturated heterocycles. The van der Waals surface area contributed by atoms with Crippen LogP contribution in [0.5, 0.6) is 5.75 Å². The third-order valence-corrected chi connectivity index (χ3v) is 6.78. The minimum absolute atomic E-state index is 0.0247. The lowest BCUT2D eigenvalue weighted by Crippen LogP contribution is -2.35. The number of rotatable bonds is 5. The fraction of sp³-hybridized carbons (Fsp3) is 0.321. The minimum Gasteiger partial charge on any atom is -0.492 e. The van der Waals surface area contributed by atoms with Crippen LogP contribution < -0.4 is 9.64 Å². The second-order valence-electron chi connectivity index (χ2n) is 9.63. The fourth-order valence-electron chi connectivity index (χ4n) is 4.41. The van der Waals surface area contributed by atoms with Gasteiger partial charge in [-0.3, -0.25) is 4.99 Å². The SMILES string of the molecule is CCOc1cc(C(C)(C)C)ccc1N1C=NC(C)(c2ccc(Cl)cc2)C1c1ccc(Cl)cc1. The zero-order valence-electron chi connectivity index (χ0n) is 19.8. The average Bonchev–Trinajstić information content (AvgIpc) is 3.12. The van der Waals surface area contributed by atoms with Crippen LogP contribution in [0.15, 0.2) is 71.7 Å². The number of anilines is 1. The van der Waals surface area contributed by atoms with Crippen molar-refractivity contribution in [2.24, 2.45) is 4.99 Å². The molecule has 2 unspecified atom stereocenters. The molecule has 2 atom stereocenters. The summed E-state index contributed by atoms with van der Waals surface area (Å²) in [6.45, 7) is 11.4. The maximum atomic E-state index is 6.22. The number of hydrogen-bond acceptors (Lipinski definition) is 3. The van der Waals surface area contributed by atoms with Gasteiger partial charge in [0.05, 0.1) is 24.7 Å². The molecule has 4 rings (SSSR count). The number of nitrogens with zero attached hydrogens (tertiary/aromatic N) is 2. The highest BCUT2D eigenvalue weighted by molar-refractivity contribution is 6.30. The molecule has 3 nitrogen and oxygen atoms in total. The Kier molecular flexibility index (Phi) is 6.48. The van der Waals surface area contributed by atoms with Crippen LogP contribution in [0.25, 0.3) is 0 Å². The monoisotopic (exact) mass is 480 g/mol. The molecule has 0 spiro atoms. The highest BCUT2D eigenvalue weighted by Crippen LogP contribution is 2.49. The van der Waals surface area contributed by atoms with Crippen LogP contribution in [-0.2, 0) is 11.0 Å².